The van der Waals surface area contributed by atoms with Crippen LogP contribution >= 0.6 is 0 Å². The SMILES string of the molecule is C[C@H](NC(=O)C(=Cc1ccccc1)c1ccccc1)c1ccccc1. The molecule has 1 N–H and O–H groups in total. The van der Waals surface area contributed by atoms with Crippen LogP contribution in [0.4, 0.5) is 0 Å². The van der Waals surface area contributed by atoms with Crippen LogP contribution in [0.2, 0.25) is 0 Å². The fourth-order valence-corrected chi connectivity index (χ4v) is 2.71. The van der Waals surface area contributed by atoms with Crippen molar-refractivity contribution in [1.82, 2.24) is 5.32 Å². The molecule has 3 aromatic carbocycles. The minimum atomic E-state index is -0.0774. The van der Waals surface area contributed by atoms with Crippen molar-refractivity contribution < 1.29 is 4.79 Å². The highest BCUT2D eigenvalue weighted by Crippen LogP contribution is 2.20. The van der Waals surface area contributed by atoms with Crippen molar-refractivity contribution >= 4 is 17.6 Å². The number of rotatable bonds is 5. The van der Waals surface area contributed by atoms with Gasteiger partial charge in [-0.25, -0.2) is 0 Å². The van der Waals surface area contributed by atoms with Gasteiger partial charge < -0.3 is 5.32 Å². The van der Waals surface area contributed by atoms with E-state index in [-0.39, 0.29) is 11.9 Å². The Morgan fingerprint density at radius 3 is 1.92 bits per heavy atom. The summed E-state index contributed by atoms with van der Waals surface area (Å²) in [4.78, 5) is 13.0. The predicted octanol–water partition coefficient (Wildman–Crippen LogP) is 5.10. The molecule has 0 aliphatic rings. The maximum Gasteiger partial charge on any atom is 0.252 e. The lowest BCUT2D eigenvalue weighted by Crippen LogP contribution is -2.27. The van der Waals surface area contributed by atoms with Gasteiger partial charge in [0.2, 0.25) is 0 Å². The highest BCUT2D eigenvalue weighted by molar-refractivity contribution is 6.24. The Bertz CT molecular complexity index is 839. The molecule has 0 aromatic heterocycles. The van der Waals surface area contributed by atoms with Gasteiger partial charge in [-0.3, -0.25) is 4.79 Å². The van der Waals surface area contributed by atoms with Crippen molar-refractivity contribution in [3.05, 3.63) is 108 Å². The maximum atomic E-state index is 13.0. The van der Waals surface area contributed by atoms with E-state index >= 15 is 0 Å². The van der Waals surface area contributed by atoms with Gasteiger partial charge in [0.25, 0.3) is 5.91 Å². The number of carbonyl (C=O) groups excluding carboxylic acids is 1. The van der Waals surface area contributed by atoms with Gasteiger partial charge >= 0.3 is 0 Å². The topological polar surface area (TPSA) is 29.1 Å². The lowest BCUT2D eigenvalue weighted by molar-refractivity contribution is -0.116. The largest absolute Gasteiger partial charge is 0.345 e. The van der Waals surface area contributed by atoms with E-state index in [4.69, 9.17) is 0 Å². The third-order valence-electron chi connectivity index (χ3n) is 4.09. The quantitative estimate of drug-likeness (QED) is 0.512. The van der Waals surface area contributed by atoms with Crippen molar-refractivity contribution in [3.8, 4) is 0 Å². The lowest BCUT2D eigenvalue weighted by atomic mass is 10.0. The van der Waals surface area contributed by atoms with Crippen LogP contribution in [0.5, 0.6) is 0 Å². The molecule has 0 unspecified atom stereocenters. The standard InChI is InChI=1S/C23H21NO/c1-18(20-13-7-3-8-14-20)24-23(25)22(21-15-9-4-10-16-21)17-19-11-5-2-6-12-19/h2-18H,1H3,(H,24,25)/t18-/m0/s1. The smallest absolute Gasteiger partial charge is 0.252 e. The molecule has 0 bridgehead atoms. The van der Waals surface area contributed by atoms with E-state index in [2.05, 4.69) is 5.32 Å². The first-order chi connectivity index (χ1) is 12.2. The fraction of sp³-hybridized carbons (Fsp3) is 0.0870. The van der Waals surface area contributed by atoms with Crippen LogP contribution in [0, 0.1) is 0 Å². The Morgan fingerprint density at radius 1 is 0.800 bits per heavy atom. The van der Waals surface area contributed by atoms with Crippen molar-refractivity contribution in [3.63, 3.8) is 0 Å². The lowest BCUT2D eigenvalue weighted by Gasteiger charge is -2.16. The first-order valence-corrected chi connectivity index (χ1v) is 8.42. The van der Waals surface area contributed by atoms with Crippen molar-refractivity contribution in [2.75, 3.05) is 0 Å². The summed E-state index contributed by atoms with van der Waals surface area (Å²) in [5, 5.41) is 3.11. The van der Waals surface area contributed by atoms with Gasteiger partial charge in [0, 0.05) is 5.57 Å². The molecule has 0 aliphatic heterocycles. The molecule has 3 rings (SSSR count). The zero-order valence-electron chi connectivity index (χ0n) is 14.2. The third-order valence-corrected chi connectivity index (χ3v) is 4.09. The fourth-order valence-electron chi connectivity index (χ4n) is 2.71. The Kier molecular flexibility index (Phi) is 5.43. The number of nitrogens with one attached hydrogen (secondary N) is 1. The Balaban J connectivity index is 1.89. The molecule has 25 heavy (non-hydrogen) atoms. The number of hydrogen-bond donors (Lipinski definition) is 1. The average molecular weight is 327 g/mol. The van der Waals surface area contributed by atoms with Crippen LogP contribution < -0.4 is 5.32 Å². The second kappa shape index (κ2) is 8.11. The van der Waals surface area contributed by atoms with E-state index in [1.807, 2.05) is 104 Å². The molecule has 3 aromatic rings. The number of amides is 1. The molecule has 0 spiro atoms. The van der Waals surface area contributed by atoms with E-state index in [1.54, 1.807) is 0 Å². The van der Waals surface area contributed by atoms with Crippen LogP contribution in [-0.2, 0) is 4.79 Å². The van der Waals surface area contributed by atoms with Crippen molar-refractivity contribution in [2.24, 2.45) is 0 Å². The van der Waals surface area contributed by atoms with Crippen LogP contribution in [0.25, 0.3) is 11.6 Å². The Morgan fingerprint density at radius 2 is 1.32 bits per heavy atom. The van der Waals surface area contributed by atoms with Crippen LogP contribution in [0.1, 0.15) is 29.7 Å². The zero-order valence-corrected chi connectivity index (χ0v) is 14.2. The molecule has 2 nitrogen and oxygen atoms in total. The molecular weight excluding hydrogens is 306 g/mol. The molecule has 0 saturated heterocycles. The number of hydrogen-bond acceptors (Lipinski definition) is 1. The monoisotopic (exact) mass is 327 g/mol. The summed E-state index contributed by atoms with van der Waals surface area (Å²) >= 11 is 0. The summed E-state index contributed by atoms with van der Waals surface area (Å²) in [5.74, 6) is -0.0774. The van der Waals surface area contributed by atoms with E-state index in [1.165, 1.54) is 0 Å². The van der Waals surface area contributed by atoms with E-state index in [0.717, 1.165) is 16.7 Å². The molecule has 0 aliphatic carbocycles. The minimum absolute atomic E-state index is 0.0587. The summed E-state index contributed by atoms with van der Waals surface area (Å²) in [7, 11) is 0. The molecule has 0 fully saturated rings. The molecule has 0 saturated carbocycles. The van der Waals surface area contributed by atoms with Gasteiger partial charge in [0.05, 0.1) is 6.04 Å². The van der Waals surface area contributed by atoms with Crippen LogP contribution in [0.15, 0.2) is 91.0 Å². The van der Waals surface area contributed by atoms with E-state index in [0.29, 0.717) is 5.57 Å². The van der Waals surface area contributed by atoms with Gasteiger partial charge in [-0.15, -0.1) is 0 Å². The average Bonchev–Trinajstić information content (AvgIpc) is 2.68. The highest BCUT2D eigenvalue weighted by atomic mass is 16.1. The summed E-state index contributed by atoms with van der Waals surface area (Å²) in [6.07, 6.45) is 1.93. The second-order valence-corrected chi connectivity index (χ2v) is 5.94. The van der Waals surface area contributed by atoms with Gasteiger partial charge in [0.15, 0.2) is 0 Å². The Hall–Kier alpha value is -3.13. The Labute approximate surface area is 148 Å². The zero-order chi connectivity index (χ0) is 17.5. The molecule has 0 heterocycles. The summed E-state index contributed by atoms with van der Waals surface area (Å²) < 4.78 is 0. The van der Waals surface area contributed by atoms with Gasteiger partial charge in [-0.05, 0) is 29.7 Å². The van der Waals surface area contributed by atoms with Gasteiger partial charge in [-0.2, -0.15) is 0 Å². The molecule has 1 amide bonds. The normalized spacial score (nSPS) is 12.4. The summed E-state index contributed by atoms with van der Waals surface area (Å²) in [5.41, 5.74) is 3.66. The van der Waals surface area contributed by atoms with E-state index < -0.39 is 0 Å². The summed E-state index contributed by atoms with van der Waals surface area (Å²) in [6.45, 7) is 2.00. The first-order valence-electron chi connectivity index (χ1n) is 8.42. The molecule has 0 radical (unpaired) electrons. The third kappa shape index (κ3) is 4.45. The second-order valence-electron chi connectivity index (χ2n) is 5.94. The van der Waals surface area contributed by atoms with E-state index in [9.17, 15) is 4.79 Å². The molecule has 124 valence electrons. The van der Waals surface area contributed by atoms with Gasteiger partial charge in [-0.1, -0.05) is 91.0 Å². The maximum absolute atomic E-state index is 13.0. The molecule has 1 atom stereocenters. The highest BCUT2D eigenvalue weighted by Gasteiger charge is 2.15. The summed E-state index contributed by atoms with van der Waals surface area (Å²) in [6, 6.07) is 29.6. The number of carbonyl (C=O) groups is 1. The van der Waals surface area contributed by atoms with Crippen molar-refractivity contribution in [2.45, 2.75) is 13.0 Å². The van der Waals surface area contributed by atoms with Gasteiger partial charge in [0.1, 0.15) is 0 Å². The first kappa shape index (κ1) is 16.7. The number of benzene rings is 3. The minimum Gasteiger partial charge on any atom is -0.345 e. The van der Waals surface area contributed by atoms with Crippen molar-refractivity contribution in [1.29, 1.82) is 0 Å². The van der Waals surface area contributed by atoms with Crippen LogP contribution in [0.3, 0.4) is 0 Å². The molecular formula is C23H21NO. The van der Waals surface area contributed by atoms with Crippen LogP contribution in [-0.4, -0.2) is 5.91 Å². The molecule has 2 heteroatoms. The predicted molar refractivity (Wildman–Crippen MR) is 104 cm³/mol.